The van der Waals surface area contributed by atoms with Crippen LogP contribution in [0.4, 0.5) is 13.6 Å². The second kappa shape index (κ2) is 14.9. The summed E-state index contributed by atoms with van der Waals surface area (Å²) in [6.45, 7) is 7.63. The summed E-state index contributed by atoms with van der Waals surface area (Å²) in [7, 11) is 6.64. The fourth-order valence-corrected chi connectivity index (χ4v) is 8.28. The number of carbonyl (C=O) groups is 3. The molecule has 274 valence electrons. The van der Waals surface area contributed by atoms with E-state index in [1.807, 2.05) is 39.8 Å². The van der Waals surface area contributed by atoms with E-state index in [0.717, 1.165) is 34.6 Å². The van der Waals surface area contributed by atoms with Crippen LogP contribution in [-0.2, 0) is 14.9 Å². The molecule has 5 rings (SSSR count). The van der Waals surface area contributed by atoms with Crippen LogP contribution in [0.2, 0.25) is 5.02 Å². The van der Waals surface area contributed by atoms with Gasteiger partial charge in [-0.15, -0.1) is 11.3 Å². The van der Waals surface area contributed by atoms with Crippen molar-refractivity contribution in [2.45, 2.75) is 82.9 Å². The van der Waals surface area contributed by atoms with E-state index in [1.165, 1.54) is 4.90 Å². The second-order valence-corrected chi connectivity index (χ2v) is 16.1. The van der Waals surface area contributed by atoms with Crippen LogP contribution in [0.5, 0.6) is 0 Å². The lowest BCUT2D eigenvalue weighted by molar-refractivity contribution is 0.0150. The van der Waals surface area contributed by atoms with Gasteiger partial charge in [0.1, 0.15) is 33.6 Å². The minimum absolute atomic E-state index is 0.0197. The molecule has 9 nitrogen and oxygen atoms in total. The van der Waals surface area contributed by atoms with Gasteiger partial charge in [-0.1, -0.05) is 24.6 Å². The number of benzene rings is 1. The van der Waals surface area contributed by atoms with E-state index in [4.69, 9.17) is 21.1 Å². The van der Waals surface area contributed by atoms with Gasteiger partial charge in [-0.05, 0) is 88.8 Å². The number of pyridine rings is 1. The van der Waals surface area contributed by atoms with Gasteiger partial charge in [0.05, 0.1) is 22.2 Å². The molecule has 0 saturated heterocycles. The largest absolute Gasteiger partial charge is 0.497 e. The van der Waals surface area contributed by atoms with E-state index in [-0.39, 0.29) is 44.5 Å². The zero-order chi connectivity index (χ0) is 37.4. The molecule has 1 aromatic carbocycles. The highest BCUT2D eigenvalue weighted by Gasteiger charge is 2.37. The normalized spacial score (nSPS) is 20.7. The molecular formula is C38H45ClF2N4O5S. The molecule has 2 aliphatic carbocycles. The number of rotatable bonds is 8. The van der Waals surface area contributed by atoms with Crippen molar-refractivity contribution in [3.05, 3.63) is 86.7 Å². The van der Waals surface area contributed by atoms with Gasteiger partial charge in [-0.25, -0.2) is 13.6 Å². The molecule has 0 spiro atoms. The molecule has 0 N–H and O–H groups in total. The smallest absolute Gasteiger partial charge is 0.410 e. The third-order valence-electron chi connectivity index (χ3n) is 9.60. The first-order chi connectivity index (χ1) is 23.9. The number of halogens is 3. The quantitative estimate of drug-likeness (QED) is 0.230. The summed E-state index contributed by atoms with van der Waals surface area (Å²) in [5, 5.41) is -0.240. The monoisotopic (exact) mass is 742 g/mol. The summed E-state index contributed by atoms with van der Waals surface area (Å²) in [6.07, 6.45) is 8.13. The Kier molecular flexibility index (Phi) is 11.2. The molecule has 0 aliphatic heterocycles. The van der Waals surface area contributed by atoms with Gasteiger partial charge in [0.15, 0.2) is 0 Å². The van der Waals surface area contributed by atoms with Gasteiger partial charge in [0.2, 0.25) is 0 Å². The molecule has 0 radical (unpaired) electrons. The average molecular weight is 743 g/mol. The SMILES string of the molecule is COC1=CCC(C)(c2ccnc(C(=O)N(C)C)c2)C=C1CN(C(=O)c1sc2c(F)ccc(F)c2c1Cl)[C@H]1CC[C@H](N(C)C(=O)OC(C)(C)C)CC1. The Bertz CT molecular complexity index is 1900. The zero-order valence-electron chi connectivity index (χ0n) is 30.3. The Morgan fingerprint density at radius 2 is 1.67 bits per heavy atom. The third kappa shape index (κ3) is 8.07. The number of methoxy groups -OCH3 is 1. The van der Waals surface area contributed by atoms with Gasteiger partial charge in [-0.3, -0.25) is 14.6 Å². The third-order valence-corrected chi connectivity index (χ3v) is 11.3. The average Bonchev–Trinajstić information content (AvgIpc) is 3.45. The first-order valence-electron chi connectivity index (χ1n) is 16.9. The van der Waals surface area contributed by atoms with Crippen LogP contribution in [-0.4, -0.2) is 90.1 Å². The summed E-state index contributed by atoms with van der Waals surface area (Å²) >= 11 is 7.50. The van der Waals surface area contributed by atoms with Crippen LogP contribution in [0.15, 0.2) is 53.9 Å². The minimum atomic E-state index is -0.705. The molecule has 3 amide bonds. The number of hydrogen-bond donors (Lipinski definition) is 0. The molecule has 1 fully saturated rings. The Hall–Kier alpha value is -4.03. The molecule has 1 atom stereocenters. The molecule has 13 heteroatoms. The first kappa shape index (κ1) is 38.2. The summed E-state index contributed by atoms with van der Waals surface area (Å²) in [5.74, 6) is -1.43. The number of allylic oxidation sites excluding steroid dienone is 2. The molecule has 2 aliphatic rings. The van der Waals surface area contributed by atoms with Crippen molar-refractivity contribution in [3.63, 3.8) is 0 Å². The number of thiophene rings is 1. The predicted molar refractivity (Wildman–Crippen MR) is 195 cm³/mol. The van der Waals surface area contributed by atoms with Gasteiger partial charge in [-0.2, -0.15) is 0 Å². The number of ether oxygens (including phenoxy) is 2. The summed E-state index contributed by atoms with van der Waals surface area (Å²) < 4.78 is 41.2. The molecule has 2 aromatic heterocycles. The van der Waals surface area contributed by atoms with Crippen molar-refractivity contribution in [2.24, 2.45) is 0 Å². The minimum Gasteiger partial charge on any atom is -0.497 e. The number of hydrogen-bond acceptors (Lipinski definition) is 7. The van der Waals surface area contributed by atoms with Gasteiger partial charge < -0.3 is 24.2 Å². The van der Waals surface area contributed by atoms with Crippen molar-refractivity contribution in [3.8, 4) is 0 Å². The Morgan fingerprint density at radius 1 is 1.02 bits per heavy atom. The van der Waals surface area contributed by atoms with E-state index >= 15 is 0 Å². The Balaban J connectivity index is 1.51. The second-order valence-electron chi connectivity index (χ2n) is 14.7. The molecular weight excluding hydrogens is 698 g/mol. The lowest BCUT2D eigenvalue weighted by Crippen LogP contribution is -2.48. The number of amides is 3. The van der Waals surface area contributed by atoms with Crippen LogP contribution in [0, 0.1) is 11.6 Å². The zero-order valence-corrected chi connectivity index (χ0v) is 31.9. The molecule has 51 heavy (non-hydrogen) atoms. The molecule has 1 saturated carbocycles. The highest BCUT2D eigenvalue weighted by atomic mass is 35.5. The maximum atomic E-state index is 14.9. The number of nitrogens with zero attached hydrogens (tertiary/aromatic N) is 4. The molecule has 0 bridgehead atoms. The lowest BCUT2D eigenvalue weighted by atomic mass is 9.75. The predicted octanol–water partition coefficient (Wildman–Crippen LogP) is 8.37. The fraction of sp³-hybridized carbons (Fsp3) is 0.474. The van der Waals surface area contributed by atoms with Crippen molar-refractivity contribution < 1.29 is 32.6 Å². The van der Waals surface area contributed by atoms with Crippen LogP contribution in [0.3, 0.4) is 0 Å². The van der Waals surface area contributed by atoms with Crippen molar-refractivity contribution in [1.29, 1.82) is 0 Å². The fourth-order valence-electron chi connectivity index (χ4n) is 6.78. The number of carbonyl (C=O) groups excluding carboxylic acids is 3. The van der Waals surface area contributed by atoms with E-state index < -0.39 is 34.7 Å². The summed E-state index contributed by atoms with van der Waals surface area (Å²) in [5.41, 5.74) is 0.709. The van der Waals surface area contributed by atoms with Gasteiger partial charge >= 0.3 is 6.09 Å². The van der Waals surface area contributed by atoms with E-state index in [0.29, 0.717) is 43.6 Å². The number of aromatic nitrogens is 1. The van der Waals surface area contributed by atoms with Gasteiger partial charge in [0.25, 0.3) is 11.8 Å². The van der Waals surface area contributed by atoms with Crippen molar-refractivity contribution in [2.75, 3.05) is 34.8 Å². The van der Waals surface area contributed by atoms with E-state index in [2.05, 4.69) is 11.1 Å². The van der Waals surface area contributed by atoms with Crippen molar-refractivity contribution >= 4 is 50.9 Å². The van der Waals surface area contributed by atoms with E-state index in [1.54, 1.807) is 50.3 Å². The van der Waals surface area contributed by atoms with Crippen LogP contribution < -0.4 is 0 Å². The van der Waals surface area contributed by atoms with Crippen LogP contribution >= 0.6 is 22.9 Å². The van der Waals surface area contributed by atoms with E-state index in [9.17, 15) is 23.2 Å². The topological polar surface area (TPSA) is 92.3 Å². The standard InChI is InChI=1S/C38H45ClF2N4O5S/c1-37(2,3)50-36(48)44(7)24-9-11-25(12-10-24)45(35(47)33-31(39)30-26(40)13-14-27(41)32(30)51-33)21-22-20-38(4,17-15-29(22)49-8)23-16-18-42-28(19-23)34(46)43(5)6/h13-16,18-20,24-25H,9-12,17,21H2,1-8H3/t24-,25-,38?. The summed E-state index contributed by atoms with van der Waals surface area (Å²) in [6, 6.07) is 5.31. The Morgan fingerprint density at radius 3 is 2.27 bits per heavy atom. The molecule has 1 unspecified atom stereocenters. The molecule has 3 aromatic rings. The van der Waals surface area contributed by atoms with Crippen molar-refractivity contribution in [1.82, 2.24) is 19.7 Å². The number of fused-ring (bicyclic) bond motifs is 1. The van der Waals surface area contributed by atoms with Crippen LogP contribution in [0.25, 0.3) is 10.1 Å². The maximum Gasteiger partial charge on any atom is 0.410 e. The molecule has 2 heterocycles. The first-order valence-corrected chi connectivity index (χ1v) is 18.1. The maximum absolute atomic E-state index is 14.9. The Labute approximate surface area is 306 Å². The highest BCUT2D eigenvalue weighted by molar-refractivity contribution is 7.21. The van der Waals surface area contributed by atoms with Crippen LogP contribution in [0.1, 0.15) is 85.5 Å². The summed E-state index contributed by atoms with van der Waals surface area (Å²) in [4.78, 5) is 49.4. The lowest BCUT2D eigenvalue weighted by Gasteiger charge is -2.41. The van der Waals surface area contributed by atoms with Gasteiger partial charge in [0, 0.05) is 57.0 Å². The highest BCUT2D eigenvalue weighted by Crippen LogP contribution is 2.42.